The average Bonchev–Trinajstić information content (AvgIpc) is 3.01. The van der Waals surface area contributed by atoms with E-state index in [0.29, 0.717) is 17.0 Å². The van der Waals surface area contributed by atoms with Gasteiger partial charge < -0.3 is 9.40 Å². The lowest BCUT2D eigenvalue weighted by atomic mass is 9.79. The van der Waals surface area contributed by atoms with Crippen molar-refractivity contribution in [1.29, 1.82) is 0 Å². The topological polar surface area (TPSA) is 58.9 Å². The fraction of sp³-hybridized carbons (Fsp3) is 0.360. The first-order valence-corrected chi connectivity index (χ1v) is 10.0. The van der Waals surface area contributed by atoms with Gasteiger partial charge in [0.05, 0.1) is 11.0 Å². The van der Waals surface area contributed by atoms with E-state index in [2.05, 4.69) is 63.6 Å². The Hall–Kier alpha value is -2.88. The fourth-order valence-corrected chi connectivity index (χ4v) is 3.64. The Morgan fingerprint density at radius 2 is 1.66 bits per heavy atom. The molecule has 0 aliphatic rings. The van der Waals surface area contributed by atoms with Gasteiger partial charge in [0.2, 0.25) is 0 Å². The van der Waals surface area contributed by atoms with Gasteiger partial charge in [0.15, 0.2) is 0 Å². The maximum atomic E-state index is 12.9. The molecule has 0 saturated carbocycles. The number of aromatic nitrogens is 2. The summed E-state index contributed by atoms with van der Waals surface area (Å²) in [7, 11) is 0. The van der Waals surface area contributed by atoms with Crippen LogP contribution in [0.5, 0.6) is 0 Å². The molecule has 29 heavy (non-hydrogen) atoms. The third-order valence-corrected chi connectivity index (χ3v) is 5.40. The minimum Gasteiger partial charge on any atom is -0.422 e. The van der Waals surface area contributed by atoms with E-state index >= 15 is 0 Å². The van der Waals surface area contributed by atoms with Crippen molar-refractivity contribution in [1.82, 2.24) is 9.97 Å². The fourth-order valence-electron chi connectivity index (χ4n) is 3.64. The molecule has 0 saturated heterocycles. The maximum Gasteiger partial charge on any atom is 0.347 e. The SMILES string of the molecule is Cc1ccc2nc(-c3cc4cc(C(C)(C)C)cc(C(C)(C)C)c4oc3=O)[nH]c2c1. The summed E-state index contributed by atoms with van der Waals surface area (Å²) in [5.74, 6) is 0.541. The standard InChI is InChI=1S/C25H28N2O2/c1-14-8-9-19-20(10-14)27-22(26-19)17-12-15-11-16(24(2,3)4)13-18(25(5,6)7)21(15)29-23(17)28/h8-13H,1-7H3,(H,26,27). The lowest BCUT2D eigenvalue weighted by Gasteiger charge is -2.26. The molecule has 4 heteroatoms. The van der Waals surface area contributed by atoms with Gasteiger partial charge in [-0.3, -0.25) is 0 Å². The van der Waals surface area contributed by atoms with Crippen LogP contribution in [0.4, 0.5) is 0 Å². The van der Waals surface area contributed by atoms with E-state index in [1.807, 2.05) is 31.2 Å². The summed E-state index contributed by atoms with van der Waals surface area (Å²) in [6.07, 6.45) is 0. The smallest absolute Gasteiger partial charge is 0.347 e. The molecule has 0 unspecified atom stereocenters. The molecule has 4 rings (SSSR count). The van der Waals surface area contributed by atoms with Crippen LogP contribution < -0.4 is 5.63 Å². The van der Waals surface area contributed by atoms with Crippen molar-refractivity contribution in [3.8, 4) is 11.4 Å². The van der Waals surface area contributed by atoms with Gasteiger partial charge in [-0.1, -0.05) is 53.7 Å². The Balaban J connectivity index is 2.01. The lowest BCUT2D eigenvalue weighted by molar-refractivity contribution is 0.526. The molecule has 1 N–H and O–H groups in total. The van der Waals surface area contributed by atoms with Gasteiger partial charge in [0.1, 0.15) is 17.0 Å². The van der Waals surface area contributed by atoms with Gasteiger partial charge >= 0.3 is 5.63 Å². The van der Waals surface area contributed by atoms with Gasteiger partial charge in [0, 0.05) is 10.9 Å². The number of nitrogens with zero attached hydrogens (tertiary/aromatic N) is 1. The highest BCUT2D eigenvalue weighted by atomic mass is 16.4. The first-order valence-electron chi connectivity index (χ1n) is 10.0. The van der Waals surface area contributed by atoms with Crippen LogP contribution in [0.1, 0.15) is 58.2 Å². The number of H-pyrrole nitrogens is 1. The molecule has 4 aromatic rings. The number of nitrogens with one attached hydrogen (secondary N) is 1. The molecule has 0 aliphatic carbocycles. The largest absolute Gasteiger partial charge is 0.422 e. The van der Waals surface area contributed by atoms with E-state index in [1.165, 1.54) is 5.56 Å². The van der Waals surface area contributed by atoms with Crippen molar-refractivity contribution in [2.75, 3.05) is 0 Å². The number of rotatable bonds is 1. The molecular formula is C25H28N2O2. The molecule has 0 aliphatic heterocycles. The number of hydrogen-bond donors (Lipinski definition) is 1. The number of aryl methyl sites for hydroxylation is 1. The maximum absolute atomic E-state index is 12.9. The lowest BCUT2D eigenvalue weighted by Crippen LogP contribution is -2.18. The zero-order valence-electron chi connectivity index (χ0n) is 18.2. The number of imidazole rings is 1. The number of aromatic amines is 1. The van der Waals surface area contributed by atoms with E-state index < -0.39 is 0 Å². The predicted molar refractivity (Wildman–Crippen MR) is 120 cm³/mol. The normalized spacial score (nSPS) is 12.8. The Morgan fingerprint density at radius 1 is 0.931 bits per heavy atom. The number of fused-ring (bicyclic) bond motifs is 2. The molecule has 0 spiro atoms. The summed E-state index contributed by atoms with van der Waals surface area (Å²) in [4.78, 5) is 20.8. The number of hydrogen-bond acceptors (Lipinski definition) is 3. The van der Waals surface area contributed by atoms with E-state index in [-0.39, 0.29) is 16.5 Å². The minimum absolute atomic E-state index is 0.0125. The average molecular weight is 389 g/mol. The van der Waals surface area contributed by atoms with E-state index in [4.69, 9.17) is 4.42 Å². The summed E-state index contributed by atoms with van der Waals surface area (Å²) >= 11 is 0. The van der Waals surface area contributed by atoms with Gasteiger partial charge in [0.25, 0.3) is 0 Å². The molecule has 0 radical (unpaired) electrons. The third kappa shape index (κ3) is 3.48. The van der Waals surface area contributed by atoms with Crippen LogP contribution in [-0.2, 0) is 10.8 Å². The number of benzene rings is 2. The second-order valence-electron chi connectivity index (χ2n) is 10.00. The molecule has 0 amide bonds. The molecular weight excluding hydrogens is 360 g/mol. The van der Waals surface area contributed by atoms with Crippen LogP contribution in [-0.4, -0.2) is 9.97 Å². The summed E-state index contributed by atoms with van der Waals surface area (Å²) in [6, 6.07) is 12.2. The minimum atomic E-state index is -0.373. The molecule has 2 aromatic heterocycles. The first kappa shape index (κ1) is 19.4. The molecule has 2 heterocycles. The quantitative estimate of drug-likeness (QED) is 0.393. The Kier molecular flexibility index (Phi) is 4.23. The Bertz CT molecular complexity index is 1290. The molecule has 150 valence electrons. The zero-order chi connectivity index (χ0) is 21.1. The van der Waals surface area contributed by atoms with Crippen molar-refractivity contribution in [2.45, 2.75) is 59.3 Å². The second kappa shape index (κ2) is 6.31. The van der Waals surface area contributed by atoms with Gasteiger partial charge in [-0.15, -0.1) is 0 Å². The van der Waals surface area contributed by atoms with Gasteiger partial charge in [-0.25, -0.2) is 9.78 Å². The molecule has 0 bridgehead atoms. The molecule has 4 nitrogen and oxygen atoms in total. The summed E-state index contributed by atoms with van der Waals surface area (Å²) in [5, 5.41) is 0.925. The van der Waals surface area contributed by atoms with E-state index in [9.17, 15) is 4.79 Å². The first-order chi connectivity index (χ1) is 13.4. The zero-order valence-corrected chi connectivity index (χ0v) is 18.2. The van der Waals surface area contributed by atoms with Crippen molar-refractivity contribution in [3.05, 3.63) is 63.5 Å². The van der Waals surface area contributed by atoms with Crippen LogP contribution in [0, 0.1) is 6.92 Å². The van der Waals surface area contributed by atoms with Crippen LogP contribution in [0.25, 0.3) is 33.4 Å². The van der Waals surface area contributed by atoms with Crippen LogP contribution in [0.3, 0.4) is 0 Å². The molecule has 2 aromatic carbocycles. The van der Waals surface area contributed by atoms with Crippen molar-refractivity contribution >= 4 is 22.0 Å². The van der Waals surface area contributed by atoms with Crippen molar-refractivity contribution < 1.29 is 4.42 Å². The van der Waals surface area contributed by atoms with E-state index in [1.54, 1.807) is 0 Å². The van der Waals surface area contributed by atoms with Crippen molar-refractivity contribution in [2.24, 2.45) is 0 Å². The highest BCUT2D eigenvalue weighted by Gasteiger charge is 2.25. The van der Waals surface area contributed by atoms with Crippen LogP contribution in [0.15, 0.2) is 45.6 Å². The second-order valence-corrected chi connectivity index (χ2v) is 10.00. The Labute approximate surface area is 171 Å². The highest BCUT2D eigenvalue weighted by Crippen LogP contribution is 2.35. The van der Waals surface area contributed by atoms with Gasteiger partial charge in [-0.2, -0.15) is 0 Å². The van der Waals surface area contributed by atoms with Crippen molar-refractivity contribution in [3.63, 3.8) is 0 Å². The van der Waals surface area contributed by atoms with E-state index in [0.717, 1.165) is 27.5 Å². The summed E-state index contributed by atoms with van der Waals surface area (Å²) < 4.78 is 5.88. The van der Waals surface area contributed by atoms with Crippen LogP contribution in [0.2, 0.25) is 0 Å². The predicted octanol–water partition coefficient (Wildman–Crippen LogP) is 6.24. The Morgan fingerprint density at radius 3 is 2.31 bits per heavy atom. The molecule has 0 fully saturated rings. The summed E-state index contributed by atoms with van der Waals surface area (Å²) in [5.41, 5.74) is 5.74. The highest BCUT2D eigenvalue weighted by molar-refractivity contribution is 5.86. The van der Waals surface area contributed by atoms with Crippen LogP contribution >= 0.6 is 0 Å². The molecule has 0 atom stereocenters. The third-order valence-electron chi connectivity index (χ3n) is 5.40. The van der Waals surface area contributed by atoms with Gasteiger partial charge in [-0.05, 0) is 53.1 Å². The summed E-state index contributed by atoms with van der Waals surface area (Å²) in [6.45, 7) is 15.1. The monoisotopic (exact) mass is 388 g/mol.